The van der Waals surface area contributed by atoms with Gasteiger partial charge in [-0.25, -0.2) is 0 Å². The van der Waals surface area contributed by atoms with E-state index in [1.807, 2.05) is 11.4 Å². The van der Waals surface area contributed by atoms with Crippen LogP contribution in [0.5, 0.6) is 5.75 Å². The van der Waals surface area contributed by atoms with Crippen LogP contribution in [-0.2, 0) is 0 Å². The summed E-state index contributed by atoms with van der Waals surface area (Å²) in [6.07, 6.45) is 0.825. The summed E-state index contributed by atoms with van der Waals surface area (Å²) in [5, 5.41) is 2.89. The van der Waals surface area contributed by atoms with Gasteiger partial charge in [-0.15, -0.1) is 24.0 Å². The molecule has 2 rings (SSSR count). The molecule has 2 nitrogen and oxygen atoms in total. The first kappa shape index (κ1) is 9.55. The number of carbonyl (C=O) groups excluding carboxylic acids is 1. The molecule has 1 heterocycles. The van der Waals surface area contributed by atoms with E-state index in [0.717, 1.165) is 27.0 Å². The SMILES string of the molecule is COc1csc2cc(C=O)cc(S)c12. The van der Waals surface area contributed by atoms with Crippen LogP contribution in [0.25, 0.3) is 10.1 Å². The molecule has 0 saturated carbocycles. The summed E-state index contributed by atoms with van der Waals surface area (Å²) in [6, 6.07) is 3.59. The molecule has 0 aliphatic carbocycles. The van der Waals surface area contributed by atoms with E-state index in [-0.39, 0.29) is 0 Å². The lowest BCUT2D eigenvalue weighted by molar-refractivity contribution is 0.112. The third kappa shape index (κ3) is 1.40. The zero-order valence-electron chi connectivity index (χ0n) is 7.48. The Morgan fingerprint density at radius 3 is 2.93 bits per heavy atom. The average Bonchev–Trinajstić information content (AvgIpc) is 2.61. The first-order valence-electron chi connectivity index (χ1n) is 3.99. The van der Waals surface area contributed by atoms with Crippen molar-refractivity contribution in [1.82, 2.24) is 0 Å². The lowest BCUT2D eigenvalue weighted by Gasteiger charge is -2.00. The zero-order valence-corrected chi connectivity index (χ0v) is 9.19. The maximum absolute atomic E-state index is 10.6. The van der Waals surface area contributed by atoms with Crippen molar-refractivity contribution >= 4 is 40.3 Å². The molecular weight excluding hydrogens is 216 g/mol. The number of benzene rings is 1. The second-order valence-corrected chi connectivity index (χ2v) is 4.23. The fourth-order valence-electron chi connectivity index (χ4n) is 1.36. The number of thiol groups is 1. The van der Waals surface area contributed by atoms with Gasteiger partial charge in [0.2, 0.25) is 0 Å². The number of hydrogen-bond acceptors (Lipinski definition) is 4. The van der Waals surface area contributed by atoms with E-state index in [4.69, 9.17) is 4.74 Å². The van der Waals surface area contributed by atoms with E-state index in [0.29, 0.717) is 5.56 Å². The Kier molecular flexibility index (Phi) is 2.48. The predicted molar refractivity (Wildman–Crippen MR) is 61.0 cm³/mol. The molecule has 14 heavy (non-hydrogen) atoms. The van der Waals surface area contributed by atoms with Gasteiger partial charge in [-0.1, -0.05) is 0 Å². The average molecular weight is 224 g/mol. The van der Waals surface area contributed by atoms with Crippen LogP contribution in [0.4, 0.5) is 0 Å². The van der Waals surface area contributed by atoms with Crippen molar-refractivity contribution in [2.45, 2.75) is 4.90 Å². The van der Waals surface area contributed by atoms with Crippen molar-refractivity contribution in [2.75, 3.05) is 7.11 Å². The highest BCUT2D eigenvalue weighted by molar-refractivity contribution is 7.80. The van der Waals surface area contributed by atoms with Crippen molar-refractivity contribution in [3.05, 3.63) is 23.1 Å². The fraction of sp³-hybridized carbons (Fsp3) is 0.100. The third-order valence-corrected chi connectivity index (χ3v) is 3.26. The van der Waals surface area contributed by atoms with Crippen molar-refractivity contribution in [1.29, 1.82) is 0 Å². The molecule has 2 aromatic rings. The van der Waals surface area contributed by atoms with Crippen LogP contribution < -0.4 is 4.74 Å². The van der Waals surface area contributed by atoms with Crippen molar-refractivity contribution in [3.63, 3.8) is 0 Å². The first-order chi connectivity index (χ1) is 6.76. The molecule has 1 aromatic heterocycles. The molecule has 0 aliphatic heterocycles. The number of rotatable bonds is 2. The minimum Gasteiger partial charge on any atom is -0.495 e. The molecule has 0 N–H and O–H groups in total. The van der Waals surface area contributed by atoms with Gasteiger partial charge >= 0.3 is 0 Å². The van der Waals surface area contributed by atoms with E-state index in [2.05, 4.69) is 12.6 Å². The van der Waals surface area contributed by atoms with E-state index in [1.54, 1.807) is 24.5 Å². The van der Waals surface area contributed by atoms with Gasteiger partial charge in [0.15, 0.2) is 0 Å². The van der Waals surface area contributed by atoms with Gasteiger partial charge in [-0.2, -0.15) is 0 Å². The molecule has 1 aromatic carbocycles. The molecule has 0 fully saturated rings. The van der Waals surface area contributed by atoms with E-state index < -0.39 is 0 Å². The largest absolute Gasteiger partial charge is 0.495 e. The molecule has 0 amide bonds. The summed E-state index contributed by atoms with van der Waals surface area (Å²) < 4.78 is 6.22. The summed E-state index contributed by atoms with van der Waals surface area (Å²) >= 11 is 5.88. The number of ether oxygens (including phenoxy) is 1. The molecular formula is C10H8O2S2. The van der Waals surface area contributed by atoms with Gasteiger partial charge in [-0.05, 0) is 12.1 Å². The van der Waals surface area contributed by atoms with Crippen LogP contribution in [0.1, 0.15) is 10.4 Å². The highest BCUT2D eigenvalue weighted by Crippen LogP contribution is 2.36. The molecule has 0 unspecified atom stereocenters. The molecule has 0 spiro atoms. The smallest absolute Gasteiger partial charge is 0.150 e. The number of hydrogen-bond donors (Lipinski definition) is 1. The van der Waals surface area contributed by atoms with E-state index >= 15 is 0 Å². The van der Waals surface area contributed by atoms with Crippen LogP contribution in [0.15, 0.2) is 22.4 Å². The maximum Gasteiger partial charge on any atom is 0.150 e. The number of thiophene rings is 1. The maximum atomic E-state index is 10.6. The highest BCUT2D eigenvalue weighted by atomic mass is 32.1. The molecule has 4 heteroatoms. The van der Waals surface area contributed by atoms with Crippen LogP contribution in [0.3, 0.4) is 0 Å². The predicted octanol–water partition coefficient (Wildman–Crippen LogP) is 3.01. The standard InChI is InChI=1S/C10H8O2S2/c1-12-7-5-14-9-3-6(4-11)2-8(13)10(7)9/h2-5,13H,1H3. The number of methoxy groups -OCH3 is 1. The summed E-state index contributed by atoms with van der Waals surface area (Å²) in [5.41, 5.74) is 0.645. The second-order valence-electron chi connectivity index (χ2n) is 2.84. The lowest BCUT2D eigenvalue weighted by Crippen LogP contribution is -1.83. The summed E-state index contributed by atoms with van der Waals surface area (Å²) in [5.74, 6) is 0.812. The topological polar surface area (TPSA) is 26.3 Å². The van der Waals surface area contributed by atoms with E-state index in [1.165, 1.54) is 0 Å². The second kappa shape index (κ2) is 3.63. The minimum atomic E-state index is 0.645. The molecule has 0 atom stereocenters. The van der Waals surface area contributed by atoms with Crippen molar-refractivity contribution < 1.29 is 9.53 Å². The minimum absolute atomic E-state index is 0.645. The Bertz CT molecular complexity index is 488. The normalized spacial score (nSPS) is 10.4. The Hall–Kier alpha value is -1.000. The fourth-order valence-corrected chi connectivity index (χ4v) is 2.79. The molecule has 0 aliphatic rings. The quantitative estimate of drug-likeness (QED) is 0.627. The summed E-state index contributed by atoms with van der Waals surface area (Å²) in [4.78, 5) is 11.4. The number of fused-ring (bicyclic) bond motifs is 1. The first-order valence-corrected chi connectivity index (χ1v) is 5.32. The van der Waals surface area contributed by atoms with Gasteiger partial charge in [0.25, 0.3) is 0 Å². The summed E-state index contributed by atoms with van der Waals surface area (Å²) in [7, 11) is 1.63. The monoisotopic (exact) mass is 224 g/mol. The van der Waals surface area contributed by atoms with Crippen molar-refractivity contribution in [2.24, 2.45) is 0 Å². The number of aldehydes is 1. The van der Waals surface area contributed by atoms with Gasteiger partial charge < -0.3 is 4.74 Å². The third-order valence-electron chi connectivity index (χ3n) is 2.00. The van der Waals surface area contributed by atoms with E-state index in [9.17, 15) is 4.79 Å². The zero-order chi connectivity index (χ0) is 10.1. The molecule has 72 valence electrons. The lowest BCUT2D eigenvalue weighted by atomic mass is 10.2. The molecule has 0 saturated heterocycles. The van der Waals surface area contributed by atoms with Gasteiger partial charge in [-0.3, -0.25) is 4.79 Å². The Morgan fingerprint density at radius 2 is 2.29 bits per heavy atom. The van der Waals surface area contributed by atoms with Crippen molar-refractivity contribution in [3.8, 4) is 5.75 Å². The number of carbonyl (C=O) groups is 1. The summed E-state index contributed by atoms with van der Waals surface area (Å²) in [6.45, 7) is 0. The van der Waals surface area contributed by atoms with Gasteiger partial charge in [0.05, 0.1) is 7.11 Å². The van der Waals surface area contributed by atoms with Crippen LogP contribution in [0, 0.1) is 0 Å². The van der Waals surface area contributed by atoms with Crippen LogP contribution in [-0.4, -0.2) is 13.4 Å². The van der Waals surface area contributed by atoms with Crippen LogP contribution >= 0.6 is 24.0 Å². The van der Waals surface area contributed by atoms with Crippen LogP contribution in [0.2, 0.25) is 0 Å². The van der Waals surface area contributed by atoms with Gasteiger partial charge in [0, 0.05) is 25.9 Å². The Balaban J connectivity index is 2.78. The van der Waals surface area contributed by atoms with Gasteiger partial charge in [0.1, 0.15) is 12.0 Å². The molecule has 0 radical (unpaired) electrons. The Morgan fingerprint density at radius 1 is 1.50 bits per heavy atom. The molecule has 0 bridgehead atoms. The highest BCUT2D eigenvalue weighted by Gasteiger charge is 2.08. The Labute approximate surface area is 90.9 Å².